The van der Waals surface area contributed by atoms with Crippen LogP contribution in [0.4, 0.5) is 0 Å². The van der Waals surface area contributed by atoms with Crippen molar-refractivity contribution in [2.75, 3.05) is 39.3 Å². The molecule has 3 heteroatoms. The van der Waals surface area contributed by atoms with Crippen molar-refractivity contribution in [1.82, 2.24) is 10.2 Å². The number of hydrogen-bond donors (Lipinski definition) is 1. The first kappa shape index (κ1) is 12.3. The van der Waals surface area contributed by atoms with Crippen LogP contribution in [0.15, 0.2) is 0 Å². The van der Waals surface area contributed by atoms with E-state index in [9.17, 15) is 0 Å². The van der Waals surface area contributed by atoms with Gasteiger partial charge in [0.25, 0.3) is 0 Å². The Morgan fingerprint density at radius 1 is 1.25 bits per heavy atom. The number of hydrogen-bond acceptors (Lipinski definition) is 3. The van der Waals surface area contributed by atoms with Gasteiger partial charge in [-0.25, -0.2) is 0 Å². The smallest absolute Gasteiger partial charge is 0.0700 e. The van der Waals surface area contributed by atoms with E-state index in [1.807, 2.05) is 0 Å². The summed E-state index contributed by atoms with van der Waals surface area (Å²) in [7, 11) is 0. The van der Waals surface area contributed by atoms with Gasteiger partial charge in [-0.05, 0) is 24.7 Å². The maximum atomic E-state index is 5.58. The Balaban J connectivity index is 1.51. The van der Waals surface area contributed by atoms with E-state index in [0.717, 1.165) is 31.5 Å². The van der Waals surface area contributed by atoms with E-state index in [1.54, 1.807) is 0 Å². The van der Waals surface area contributed by atoms with Gasteiger partial charge in [0.05, 0.1) is 6.10 Å². The summed E-state index contributed by atoms with van der Waals surface area (Å²) in [5.41, 5.74) is 0. The molecule has 0 amide bonds. The molecule has 1 N–H and O–H groups in total. The average Bonchev–Trinajstić information content (AvgIpc) is 2.85. The Bertz CT molecular complexity index is 194. The Morgan fingerprint density at radius 2 is 2.00 bits per heavy atom. The van der Waals surface area contributed by atoms with E-state index in [4.69, 9.17) is 4.74 Å². The van der Waals surface area contributed by atoms with Crippen molar-refractivity contribution in [2.24, 2.45) is 11.8 Å². The Labute approximate surface area is 99.5 Å². The molecule has 3 unspecified atom stereocenters. The SMILES string of the molecule is CC1CN(CCNCC2CCCO2)CC1C. The second kappa shape index (κ2) is 5.99. The first-order chi connectivity index (χ1) is 7.75. The van der Waals surface area contributed by atoms with Gasteiger partial charge in [-0.15, -0.1) is 0 Å². The lowest BCUT2D eigenvalue weighted by Crippen LogP contribution is -2.34. The fourth-order valence-corrected chi connectivity index (χ4v) is 2.74. The molecule has 2 aliphatic heterocycles. The van der Waals surface area contributed by atoms with Crippen LogP contribution in [0.2, 0.25) is 0 Å². The van der Waals surface area contributed by atoms with Gasteiger partial charge in [0, 0.05) is 39.3 Å². The van der Waals surface area contributed by atoms with Gasteiger partial charge in [0.15, 0.2) is 0 Å². The molecule has 3 nitrogen and oxygen atoms in total. The fourth-order valence-electron chi connectivity index (χ4n) is 2.74. The summed E-state index contributed by atoms with van der Waals surface area (Å²) < 4.78 is 5.58. The second-order valence-corrected chi connectivity index (χ2v) is 5.55. The van der Waals surface area contributed by atoms with Gasteiger partial charge in [0.1, 0.15) is 0 Å². The van der Waals surface area contributed by atoms with Gasteiger partial charge < -0.3 is 15.0 Å². The summed E-state index contributed by atoms with van der Waals surface area (Å²) in [6.45, 7) is 11.6. The number of ether oxygens (including phenoxy) is 1. The van der Waals surface area contributed by atoms with Crippen molar-refractivity contribution in [3.63, 3.8) is 0 Å². The lowest BCUT2D eigenvalue weighted by atomic mass is 10.0. The summed E-state index contributed by atoms with van der Waals surface area (Å²) in [5.74, 6) is 1.75. The Kier molecular flexibility index (Phi) is 4.62. The molecule has 0 aromatic rings. The van der Waals surface area contributed by atoms with Crippen molar-refractivity contribution >= 4 is 0 Å². The summed E-state index contributed by atoms with van der Waals surface area (Å²) in [6.07, 6.45) is 2.97. The summed E-state index contributed by atoms with van der Waals surface area (Å²) >= 11 is 0. The normalized spacial score (nSPS) is 36.0. The van der Waals surface area contributed by atoms with Crippen LogP contribution in [0.5, 0.6) is 0 Å². The number of rotatable bonds is 5. The molecule has 2 heterocycles. The molecule has 0 aromatic heterocycles. The van der Waals surface area contributed by atoms with Crippen molar-refractivity contribution in [3.05, 3.63) is 0 Å². The van der Waals surface area contributed by atoms with Gasteiger partial charge >= 0.3 is 0 Å². The third-order valence-electron chi connectivity index (χ3n) is 4.06. The minimum atomic E-state index is 0.483. The van der Waals surface area contributed by atoms with Crippen LogP contribution in [-0.2, 0) is 4.74 Å². The molecule has 0 saturated carbocycles. The molecule has 2 saturated heterocycles. The zero-order valence-electron chi connectivity index (χ0n) is 10.7. The Hall–Kier alpha value is -0.120. The van der Waals surface area contributed by atoms with Crippen molar-refractivity contribution in [2.45, 2.75) is 32.8 Å². The molecule has 2 fully saturated rings. The van der Waals surface area contributed by atoms with Crippen LogP contribution < -0.4 is 5.32 Å². The van der Waals surface area contributed by atoms with Gasteiger partial charge in [-0.3, -0.25) is 0 Å². The van der Waals surface area contributed by atoms with E-state index in [1.165, 1.54) is 32.5 Å². The largest absolute Gasteiger partial charge is 0.377 e. The quantitative estimate of drug-likeness (QED) is 0.716. The lowest BCUT2D eigenvalue weighted by Gasteiger charge is -2.17. The second-order valence-electron chi connectivity index (χ2n) is 5.55. The average molecular weight is 226 g/mol. The number of nitrogens with one attached hydrogen (secondary N) is 1. The number of nitrogens with zero attached hydrogens (tertiary/aromatic N) is 1. The fraction of sp³-hybridized carbons (Fsp3) is 1.00. The van der Waals surface area contributed by atoms with Crippen LogP contribution in [0.3, 0.4) is 0 Å². The lowest BCUT2D eigenvalue weighted by molar-refractivity contribution is 0.109. The minimum Gasteiger partial charge on any atom is -0.377 e. The molecule has 2 aliphatic rings. The molecule has 0 spiro atoms. The van der Waals surface area contributed by atoms with Crippen molar-refractivity contribution in [1.29, 1.82) is 0 Å². The maximum Gasteiger partial charge on any atom is 0.0700 e. The molecule has 16 heavy (non-hydrogen) atoms. The first-order valence-corrected chi connectivity index (χ1v) is 6.80. The molecular weight excluding hydrogens is 200 g/mol. The third-order valence-corrected chi connectivity index (χ3v) is 4.06. The third kappa shape index (κ3) is 3.44. The topological polar surface area (TPSA) is 24.5 Å². The zero-order valence-corrected chi connectivity index (χ0v) is 10.7. The molecule has 3 atom stereocenters. The van der Waals surface area contributed by atoms with Crippen LogP contribution in [0.1, 0.15) is 26.7 Å². The van der Waals surface area contributed by atoms with Gasteiger partial charge in [-0.1, -0.05) is 13.8 Å². The van der Waals surface area contributed by atoms with E-state index in [2.05, 4.69) is 24.1 Å². The van der Waals surface area contributed by atoms with E-state index >= 15 is 0 Å². The maximum absolute atomic E-state index is 5.58. The predicted molar refractivity (Wildman–Crippen MR) is 66.6 cm³/mol. The zero-order chi connectivity index (χ0) is 11.4. The van der Waals surface area contributed by atoms with E-state index in [0.29, 0.717) is 6.10 Å². The Morgan fingerprint density at radius 3 is 2.62 bits per heavy atom. The highest BCUT2D eigenvalue weighted by Gasteiger charge is 2.25. The number of likely N-dealkylation sites (tertiary alicyclic amines) is 1. The van der Waals surface area contributed by atoms with Crippen LogP contribution >= 0.6 is 0 Å². The molecular formula is C13H26N2O. The standard InChI is InChI=1S/C13H26N2O/c1-11-9-15(10-12(11)2)6-5-14-8-13-4-3-7-16-13/h11-14H,3-10H2,1-2H3. The highest BCUT2D eigenvalue weighted by atomic mass is 16.5. The monoisotopic (exact) mass is 226 g/mol. The summed E-state index contributed by atoms with van der Waals surface area (Å²) in [6, 6.07) is 0. The van der Waals surface area contributed by atoms with Crippen LogP contribution in [0.25, 0.3) is 0 Å². The molecule has 0 bridgehead atoms. The highest BCUT2D eigenvalue weighted by molar-refractivity contribution is 4.79. The molecule has 0 radical (unpaired) electrons. The molecule has 0 aromatic carbocycles. The first-order valence-electron chi connectivity index (χ1n) is 6.80. The molecule has 0 aliphatic carbocycles. The van der Waals surface area contributed by atoms with Crippen molar-refractivity contribution in [3.8, 4) is 0 Å². The summed E-state index contributed by atoms with van der Waals surface area (Å²) in [5, 5.41) is 3.52. The van der Waals surface area contributed by atoms with E-state index in [-0.39, 0.29) is 0 Å². The van der Waals surface area contributed by atoms with Gasteiger partial charge in [-0.2, -0.15) is 0 Å². The van der Waals surface area contributed by atoms with Crippen LogP contribution in [-0.4, -0.2) is 50.3 Å². The predicted octanol–water partition coefficient (Wildman–Crippen LogP) is 1.34. The molecule has 2 rings (SSSR count). The van der Waals surface area contributed by atoms with Crippen molar-refractivity contribution < 1.29 is 4.74 Å². The summed E-state index contributed by atoms with van der Waals surface area (Å²) in [4.78, 5) is 2.58. The van der Waals surface area contributed by atoms with Gasteiger partial charge in [0.2, 0.25) is 0 Å². The molecule has 94 valence electrons. The van der Waals surface area contributed by atoms with Crippen LogP contribution in [0, 0.1) is 11.8 Å². The minimum absolute atomic E-state index is 0.483. The highest BCUT2D eigenvalue weighted by Crippen LogP contribution is 2.21. The van der Waals surface area contributed by atoms with E-state index < -0.39 is 0 Å².